The fourth-order valence-electron chi connectivity index (χ4n) is 3.48. The lowest BCUT2D eigenvalue weighted by molar-refractivity contribution is -0.138. The van der Waals surface area contributed by atoms with Gasteiger partial charge < -0.3 is 14.7 Å². The second-order valence-corrected chi connectivity index (χ2v) is 6.94. The second kappa shape index (κ2) is 8.87. The van der Waals surface area contributed by atoms with Crippen molar-refractivity contribution in [2.24, 2.45) is 5.92 Å². The van der Waals surface area contributed by atoms with E-state index in [9.17, 15) is 14.0 Å². The summed E-state index contributed by atoms with van der Waals surface area (Å²) in [6.45, 7) is 2.75. The van der Waals surface area contributed by atoms with E-state index in [0.29, 0.717) is 12.3 Å². The fourth-order valence-corrected chi connectivity index (χ4v) is 3.48. The molecule has 0 aliphatic carbocycles. The van der Waals surface area contributed by atoms with Gasteiger partial charge in [0.15, 0.2) is 0 Å². The van der Waals surface area contributed by atoms with Crippen LogP contribution in [0.3, 0.4) is 0 Å². The topological polar surface area (TPSA) is 66.8 Å². The molecule has 2 unspecified atom stereocenters. The molecule has 5 nitrogen and oxygen atoms in total. The van der Waals surface area contributed by atoms with Crippen LogP contribution < -0.4 is 9.64 Å². The number of halogens is 1. The van der Waals surface area contributed by atoms with Gasteiger partial charge in [-0.2, -0.15) is 0 Å². The Kier molecular flexibility index (Phi) is 6.29. The zero-order valence-corrected chi connectivity index (χ0v) is 15.8. The Morgan fingerprint density at radius 3 is 2.43 bits per heavy atom. The first kappa shape index (κ1) is 19.9. The molecule has 2 aromatic rings. The maximum atomic E-state index is 13.3. The summed E-state index contributed by atoms with van der Waals surface area (Å²) in [6.07, 6.45) is 2.24. The van der Waals surface area contributed by atoms with Gasteiger partial charge in [0.05, 0.1) is 18.6 Å². The Bertz CT molecular complexity index is 819. The van der Waals surface area contributed by atoms with Crippen molar-refractivity contribution in [3.8, 4) is 5.75 Å². The number of unbranched alkanes of at least 4 members (excludes halogenated alkanes) is 1. The summed E-state index contributed by atoms with van der Waals surface area (Å²) in [6, 6.07) is 13.0. The Morgan fingerprint density at radius 1 is 1.14 bits per heavy atom. The minimum absolute atomic E-state index is 0.0671. The van der Waals surface area contributed by atoms with Gasteiger partial charge in [0.25, 0.3) is 0 Å². The molecule has 2 atom stereocenters. The van der Waals surface area contributed by atoms with Crippen molar-refractivity contribution in [3.05, 3.63) is 59.9 Å². The zero-order chi connectivity index (χ0) is 20.1. The number of anilines is 1. The molecule has 1 amide bonds. The number of carbonyl (C=O) groups is 2. The summed E-state index contributed by atoms with van der Waals surface area (Å²) >= 11 is 0. The van der Waals surface area contributed by atoms with E-state index < -0.39 is 11.9 Å². The molecule has 28 heavy (non-hydrogen) atoms. The molecular formula is C22H24FNO4. The molecule has 1 heterocycles. The van der Waals surface area contributed by atoms with E-state index in [4.69, 9.17) is 9.84 Å². The lowest BCUT2D eigenvalue weighted by atomic mass is 9.79. The van der Waals surface area contributed by atoms with Gasteiger partial charge in [0, 0.05) is 12.1 Å². The smallest absolute Gasteiger partial charge is 0.303 e. The predicted octanol–water partition coefficient (Wildman–Crippen LogP) is 4.57. The molecule has 1 N–H and O–H groups in total. The van der Waals surface area contributed by atoms with Crippen molar-refractivity contribution in [2.45, 2.75) is 38.6 Å². The monoisotopic (exact) mass is 385 g/mol. The molecular weight excluding hydrogens is 361 g/mol. The van der Waals surface area contributed by atoms with Crippen LogP contribution in [0, 0.1) is 11.7 Å². The quantitative estimate of drug-likeness (QED) is 0.507. The molecule has 2 aromatic carbocycles. The molecule has 0 aromatic heterocycles. The summed E-state index contributed by atoms with van der Waals surface area (Å²) in [7, 11) is 0. The maximum absolute atomic E-state index is 13.3. The number of rotatable bonds is 9. The number of β-lactam (4-membered cyclic amide) rings is 1. The number of hydrogen-bond donors (Lipinski definition) is 1. The highest BCUT2D eigenvalue weighted by atomic mass is 19.1. The van der Waals surface area contributed by atoms with Crippen molar-refractivity contribution in [3.63, 3.8) is 0 Å². The highest BCUT2D eigenvalue weighted by Gasteiger charge is 2.48. The van der Waals surface area contributed by atoms with Crippen molar-refractivity contribution in [1.82, 2.24) is 0 Å². The van der Waals surface area contributed by atoms with Crippen LogP contribution in [0.5, 0.6) is 5.75 Å². The number of carbonyl (C=O) groups excluding carboxylic acids is 1. The number of amides is 1. The van der Waals surface area contributed by atoms with Crippen LogP contribution in [0.2, 0.25) is 0 Å². The molecule has 1 fully saturated rings. The molecule has 1 aliphatic heterocycles. The molecule has 3 rings (SSSR count). The SMILES string of the molecule is CCCCOc1ccc(C2C(CCC(=O)O)C(=O)N2c2ccc(F)cc2)cc1. The third-order valence-corrected chi connectivity index (χ3v) is 4.98. The van der Waals surface area contributed by atoms with Crippen molar-refractivity contribution in [2.75, 3.05) is 11.5 Å². The summed E-state index contributed by atoms with van der Waals surface area (Å²) in [5, 5.41) is 8.99. The standard InChI is InChI=1S/C22H24FNO4/c1-2-3-14-28-18-10-4-15(5-11-18)21-19(12-13-20(25)26)22(27)24(21)17-8-6-16(23)7-9-17/h4-11,19,21H,2-3,12-14H2,1H3,(H,25,26). The average Bonchev–Trinajstić information content (AvgIpc) is 2.68. The van der Waals surface area contributed by atoms with Crippen LogP contribution in [-0.4, -0.2) is 23.6 Å². The average molecular weight is 385 g/mol. The minimum atomic E-state index is -0.925. The van der Waals surface area contributed by atoms with E-state index in [1.54, 1.807) is 17.0 Å². The normalized spacial score (nSPS) is 18.6. The first-order chi connectivity index (χ1) is 13.5. The van der Waals surface area contributed by atoms with Gasteiger partial charge in [-0.1, -0.05) is 25.5 Å². The first-order valence-electron chi connectivity index (χ1n) is 9.54. The van der Waals surface area contributed by atoms with Gasteiger partial charge in [0.1, 0.15) is 11.6 Å². The highest BCUT2D eigenvalue weighted by Crippen LogP contribution is 2.45. The Morgan fingerprint density at radius 2 is 1.82 bits per heavy atom. The number of nitrogens with zero attached hydrogens (tertiary/aromatic N) is 1. The van der Waals surface area contributed by atoms with Gasteiger partial charge in [-0.3, -0.25) is 9.59 Å². The Balaban J connectivity index is 1.82. The van der Waals surface area contributed by atoms with E-state index >= 15 is 0 Å². The van der Waals surface area contributed by atoms with Crippen LogP contribution in [0.1, 0.15) is 44.2 Å². The van der Waals surface area contributed by atoms with E-state index in [1.807, 2.05) is 24.3 Å². The van der Waals surface area contributed by atoms with Gasteiger partial charge in [-0.15, -0.1) is 0 Å². The van der Waals surface area contributed by atoms with Gasteiger partial charge in [0.2, 0.25) is 5.91 Å². The van der Waals surface area contributed by atoms with Crippen LogP contribution in [0.25, 0.3) is 0 Å². The van der Waals surface area contributed by atoms with Gasteiger partial charge in [-0.05, 0) is 54.8 Å². The molecule has 1 saturated heterocycles. The molecule has 0 bridgehead atoms. The van der Waals surface area contributed by atoms with Crippen LogP contribution in [0.15, 0.2) is 48.5 Å². The summed E-state index contributed by atoms with van der Waals surface area (Å²) < 4.78 is 18.9. The highest BCUT2D eigenvalue weighted by molar-refractivity contribution is 6.03. The number of carboxylic acid groups (broad SMARTS) is 1. The van der Waals surface area contributed by atoms with E-state index in [1.165, 1.54) is 12.1 Å². The number of carboxylic acids is 1. The van der Waals surface area contributed by atoms with Gasteiger partial charge >= 0.3 is 5.97 Å². The van der Waals surface area contributed by atoms with Crippen molar-refractivity contribution in [1.29, 1.82) is 0 Å². The molecule has 148 valence electrons. The zero-order valence-electron chi connectivity index (χ0n) is 15.8. The Labute approximate surface area is 163 Å². The lowest BCUT2D eigenvalue weighted by Gasteiger charge is -2.47. The largest absolute Gasteiger partial charge is 0.494 e. The predicted molar refractivity (Wildman–Crippen MR) is 104 cm³/mol. The number of benzene rings is 2. The van der Waals surface area contributed by atoms with Crippen LogP contribution in [0.4, 0.5) is 10.1 Å². The minimum Gasteiger partial charge on any atom is -0.494 e. The molecule has 0 spiro atoms. The number of ether oxygens (including phenoxy) is 1. The first-order valence-corrected chi connectivity index (χ1v) is 9.54. The van der Waals surface area contributed by atoms with Gasteiger partial charge in [-0.25, -0.2) is 4.39 Å². The molecule has 1 aliphatic rings. The van der Waals surface area contributed by atoms with E-state index in [2.05, 4.69) is 6.92 Å². The second-order valence-electron chi connectivity index (χ2n) is 6.94. The fraction of sp³-hybridized carbons (Fsp3) is 0.364. The molecule has 0 radical (unpaired) electrons. The van der Waals surface area contributed by atoms with Crippen LogP contribution >= 0.6 is 0 Å². The Hall–Kier alpha value is -2.89. The van der Waals surface area contributed by atoms with E-state index in [0.717, 1.165) is 24.2 Å². The van der Waals surface area contributed by atoms with Crippen molar-refractivity contribution >= 4 is 17.6 Å². The van der Waals surface area contributed by atoms with Crippen molar-refractivity contribution < 1.29 is 23.8 Å². The van der Waals surface area contributed by atoms with E-state index in [-0.39, 0.29) is 30.6 Å². The third kappa shape index (κ3) is 4.32. The number of aliphatic carboxylic acids is 1. The summed E-state index contributed by atoms with van der Waals surface area (Å²) in [5.41, 5.74) is 1.51. The maximum Gasteiger partial charge on any atom is 0.303 e. The van der Waals surface area contributed by atoms with Crippen LogP contribution in [-0.2, 0) is 9.59 Å². The number of hydrogen-bond acceptors (Lipinski definition) is 3. The summed E-state index contributed by atoms with van der Waals surface area (Å²) in [4.78, 5) is 25.3. The third-order valence-electron chi connectivity index (χ3n) is 4.98. The molecule has 0 saturated carbocycles. The lowest BCUT2D eigenvalue weighted by Crippen LogP contribution is -2.55. The molecule has 6 heteroatoms. The summed E-state index contributed by atoms with van der Waals surface area (Å²) in [5.74, 6) is -1.08.